The van der Waals surface area contributed by atoms with Gasteiger partial charge >= 0.3 is 5.97 Å². The number of nitrogens with zero attached hydrogens (tertiary/aromatic N) is 1. The number of amides is 1. The van der Waals surface area contributed by atoms with Gasteiger partial charge in [0.25, 0.3) is 0 Å². The Labute approximate surface area is 127 Å². The molecule has 0 bridgehead atoms. The van der Waals surface area contributed by atoms with Gasteiger partial charge in [-0.25, -0.2) is 0 Å². The van der Waals surface area contributed by atoms with E-state index in [4.69, 9.17) is 5.11 Å². The SMILES string of the molecule is O=C(O)CCCC(=O)NC[C@H]1CCCN(C2CCCC2)C1. The summed E-state index contributed by atoms with van der Waals surface area (Å²) in [6.07, 6.45) is 8.67. The molecule has 120 valence electrons. The van der Waals surface area contributed by atoms with E-state index in [1.54, 1.807) is 0 Å². The molecule has 0 aromatic carbocycles. The van der Waals surface area contributed by atoms with E-state index in [0.29, 0.717) is 18.8 Å². The van der Waals surface area contributed by atoms with Gasteiger partial charge in [-0.05, 0) is 44.6 Å². The summed E-state index contributed by atoms with van der Waals surface area (Å²) in [7, 11) is 0. The first-order valence-corrected chi connectivity index (χ1v) is 8.37. The van der Waals surface area contributed by atoms with Crippen molar-refractivity contribution in [3.05, 3.63) is 0 Å². The average Bonchev–Trinajstić information content (AvgIpc) is 2.99. The molecular weight excluding hydrogens is 268 g/mol. The Morgan fingerprint density at radius 3 is 2.57 bits per heavy atom. The zero-order chi connectivity index (χ0) is 15.1. The molecular formula is C16H28N2O3. The van der Waals surface area contributed by atoms with Gasteiger partial charge in [-0.3, -0.25) is 9.59 Å². The van der Waals surface area contributed by atoms with Crippen LogP contribution in [0.5, 0.6) is 0 Å². The predicted molar refractivity (Wildman–Crippen MR) is 81.0 cm³/mol. The molecule has 2 N–H and O–H groups in total. The summed E-state index contributed by atoms with van der Waals surface area (Å²) in [5, 5.41) is 11.5. The van der Waals surface area contributed by atoms with E-state index in [0.717, 1.165) is 19.1 Å². The standard InChI is InChI=1S/C16H28N2O3/c19-15(8-3-9-16(20)21)17-11-13-5-4-10-18(12-13)14-6-1-2-7-14/h13-14H,1-12H2,(H,17,19)(H,20,21)/t13-/m1/s1. The van der Waals surface area contributed by atoms with Gasteiger partial charge in [-0.15, -0.1) is 0 Å². The average molecular weight is 296 g/mol. The van der Waals surface area contributed by atoms with Gasteiger partial charge in [0.15, 0.2) is 0 Å². The molecule has 1 saturated carbocycles. The van der Waals surface area contributed by atoms with E-state index in [1.807, 2.05) is 0 Å². The Morgan fingerprint density at radius 2 is 1.86 bits per heavy atom. The fraction of sp³-hybridized carbons (Fsp3) is 0.875. The van der Waals surface area contributed by atoms with Crippen LogP contribution in [0.2, 0.25) is 0 Å². The maximum Gasteiger partial charge on any atom is 0.303 e. The molecule has 21 heavy (non-hydrogen) atoms. The molecule has 1 saturated heterocycles. The molecule has 1 aliphatic heterocycles. The predicted octanol–water partition coefficient (Wildman–Crippen LogP) is 2.01. The minimum atomic E-state index is -0.831. The molecule has 0 radical (unpaired) electrons. The number of nitrogens with one attached hydrogen (secondary N) is 1. The maximum absolute atomic E-state index is 11.7. The highest BCUT2D eigenvalue weighted by molar-refractivity contribution is 5.76. The molecule has 1 aliphatic carbocycles. The summed E-state index contributed by atoms with van der Waals surface area (Å²) in [6, 6.07) is 0.777. The number of piperidine rings is 1. The quantitative estimate of drug-likeness (QED) is 0.754. The van der Waals surface area contributed by atoms with Crippen LogP contribution in [0.25, 0.3) is 0 Å². The van der Waals surface area contributed by atoms with E-state index in [9.17, 15) is 9.59 Å². The Bertz CT molecular complexity index is 353. The van der Waals surface area contributed by atoms with Crippen molar-refractivity contribution in [1.29, 1.82) is 0 Å². The highest BCUT2D eigenvalue weighted by Gasteiger charge is 2.27. The number of hydrogen-bond donors (Lipinski definition) is 2. The van der Waals surface area contributed by atoms with Gasteiger partial charge in [0, 0.05) is 32.0 Å². The van der Waals surface area contributed by atoms with Crippen molar-refractivity contribution in [3.8, 4) is 0 Å². The molecule has 2 rings (SSSR count). The molecule has 0 aromatic rings. The fourth-order valence-electron chi connectivity index (χ4n) is 3.61. The topological polar surface area (TPSA) is 69.6 Å². The summed E-state index contributed by atoms with van der Waals surface area (Å²) < 4.78 is 0. The lowest BCUT2D eigenvalue weighted by Crippen LogP contribution is -2.44. The molecule has 0 unspecified atom stereocenters. The van der Waals surface area contributed by atoms with Crippen LogP contribution < -0.4 is 5.32 Å². The number of likely N-dealkylation sites (tertiary alicyclic amines) is 1. The molecule has 0 spiro atoms. The molecule has 1 amide bonds. The fourth-order valence-corrected chi connectivity index (χ4v) is 3.61. The van der Waals surface area contributed by atoms with Crippen molar-refractivity contribution in [2.45, 2.75) is 63.8 Å². The smallest absolute Gasteiger partial charge is 0.303 e. The zero-order valence-electron chi connectivity index (χ0n) is 12.9. The second-order valence-corrected chi connectivity index (χ2v) is 6.49. The van der Waals surface area contributed by atoms with Gasteiger partial charge in [0.1, 0.15) is 0 Å². The minimum Gasteiger partial charge on any atom is -0.481 e. The summed E-state index contributed by atoms with van der Waals surface area (Å²) in [6.45, 7) is 3.07. The van der Waals surface area contributed by atoms with E-state index >= 15 is 0 Å². The van der Waals surface area contributed by atoms with Crippen molar-refractivity contribution in [1.82, 2.24) is 10.2 Å². The van der Waals surface area contributed by atoms with Crippen LogP contribution in [-0.4, -0.2) is 47.6 Å². The van der Waals surface area contributed by atoms with Crippen molar-refractivity contribution in [3.63, 3.8) is 0 Å². The third-order valence-electron chi connectivity index (χ3n) is 4.77. The molecule has 2 aliphatic rings. The van der Waals surface area contributed by atoms with Crippen molar-refractivity contribution >= 4 is 11.9 Å². The molecule has 5 nitrogen and oxygen atoms in total. The molecule has 2 fully saturated rings. The lowest BCUT2D eigenvalue weighted by Gasteiger charge is -2.36. The minimum absolute atomic E-state index is 0.00533. The largest absolute Gasteiger partial charge is 0.481 e. The third kappa shape index (κ3) is 5.65. The highest BCUT2D eigenvalue weighted by Crippen LogP contribution is 2.27. The van der Waals surface area contributed by atoms with Crippen molar-refractivity contribution in [2.75, 3.05) is 19.6 Å². The lowest BCUT2D eigenvalue weighted by molar-refractivity contribution is -0.137. The summed E-state index contributed by atoms with van der Waals surface area (Å²) >= 11 is 0. The van der Waals surface area contributed by atoms with E-state index in [2.05, 4.69) is 10.2 Å². The van der Waals surface area contributed by atoms with Crippen LogP contribution in [0.1, 0.15) is 57.8 Å². The Kier molecular flexibility index (Phi) is 6.49. The van der Waals surface area contributed by atoms with Crippen LogP contribution in [0.3, 0.4) is 0 Å². The number of carboxylic acids is 1. The number of hydrogen-bond acceptors (Lipinski definition) is 3. The molecule has 0 aromatic heterocycles. The van der Waals surface area contributed by atoms with Crippen LogP contribution in [0, 0.1) is 5.92 Å². The van der Waals surface area contributed by atoms with Gasteiger partial charge in [-0.2, -0.15) is 0 Å². The lowest BCUT2D eigenvalue weighted by atomic mass is 9.96. The number of rotatable bonds is 7. The monoisotopic (exact) mass is 296 g/mol. The number of aliphatic carboxylic acids is 1. The van der Waals surface area contributed by atoms with Crippen LogP contribution in [0.4, 0.5) is 0 Å². The Morgan fingerprint density at radius 1 is 1.10 bits per heavy atom. The van der Waals surface area contributed by atoms with E-state index in [-0.39, 0.29) is 12.3 Å². The number of carbonyl (C=O) groups is 2. The van der Waals surface area contributed by atoms with Gasteiger partial charge in [0.2, 0.25) is 5.91 Å². The zero-order valence-corrected chi connectivity index (χ0v) is 12.9. The third-order valence-corrected chi connectivity index (χ3v) is 4.77. The van der Waals surface area contributed by atoms with Gasteiger partial charge < -0.3 is 15.3 Å². The van der Waals surface area contributed by atoms with Gasteiger partial charge in [-0.1, -0.05) is 12.8 Å². The Balaban J connectivity index is 1.63. The van der Waals surface area contributed by atoms with Crippen LogP contribution in [-0.2, 0) is 9.59 Å². The summed E-state index contributed by atoms with van der Waals surface area (Å²) in [5.41, 5.74) is 0. The normalized spacial score (nSPS) is 24.1. The molecule has 5 heteroatoms. The molecule has 1 atom stereocenters. The second-order valence-electron chi connectivity index (χ2n) is 6.49. The summed E-state index contributed by atoms with van der Waals surface area (Å²) in [5.74, 6) is -0.278. The number of carboxylic acid groups (broad SMARTS) is 1. The van der Waals surface area contributed by atoms with Gasteiger partial charge in [0.05, 0.1) is 0 Å². The van der Waals surface area contributed by atoms with Crippen LogP contribution in [0.15, 0.2) is 0 Å². The first kappa shape index (κ1) is 16.3. The van der Waals surface area contributed by atoms with E-state index in [1.165, 1.54) is 45.1 Å². The first-order chi connectivity index (χ1) is 10.1. The summed E-state index contributed by atoms with van der Waals surface area (Å²) in [4.78, 5) is 24.7. The van der Waals surface area contributed by atoms with Crippen molar-refractivity contribution in [2.24, 2.45) is 5.92 Å². The second kappa shape index (κ2) is 8.37. The first-order valence-electron chi connectivity index (χ1n) is 8.37. The van der Waals surface area contributed by atoms with Crippen molar-refractivity contribution < 1.29 is 14.7 Å². The number of carbonyl (C=O) groups excluding carboxylic acids is 1. The maximum atomic E-state index is 11.7. The van der Waals surface area contributed by atoms with E-state index < -0.39 is 5.97 Å². The highest BCUT2D eigenvalue weighted by atomic mass is 16.4. The Hall–Kier alpha value is -1.10. The molecule has 1 heterocycles. The van der Waals surface area contributed by atoms with Crippen LogP contribution >= 0.6 is 0 Å².